The molecule has 0 nitrogen and oxygen atoms in total. The van der Waals surface area contributed by atoms with E-state index in [9.17, 15) is 0 Å². The lowest BCUT2D eigenvalue weighted by Crippen LogP contribution is -2.05. The van der Waals surface area contributed by atoms with E-state index in [0.29, 0.717) is 5.41 Å². The van der Waals surface area contributed by atoms with Crippen LogP contribution in [0.15, 0.2) is 35.5 Å². The first-order chi connectivity index (χ1) is 6.38. The molecule has 2 aliphatic carbocycles. The molecule has 0 spiro atoms. The van der Waals surface area contributed by atoms with Gasteiger partial charge in [0.25, 0.3) is 0 Å². The molecule has 76 valence electrons. The summed E-state index contributed by atoms with van der Waals surface area (Å²) in [5, 5.41) is 0. The zero-order chi connectivity index (χ0) is 10.4. The van der Waals surface area contributed by atoms with Crippen LogP contribution >= 0.6 is 0 Å². The minimum atomic E-state index is 0.230. The van der Waals surface area contributed by atoms with Gasteiger partial charge in [-0.25, -0.2) is 0 Å². The molecule has 14 heavy (non-hydrogen) atoms. The van der Waals surface area contributed by atoms with Crippen LogP contribution in [-0.4, -0.2) is 0 Å². The highest BCUT2D eigenvalue weighted by Crippen LogP contribution is 2.46. The molecular weight excluding hydrogens is 168 g/mol. The number of hydrogen-bond acceptors (Lipinski definition) is 0. The first-order valence-electron chi connectivity index (χ1n) is 5.49. The Labute approximate surface area is 87.4 Å². The van der Waals surface area contributed by atoms with Crippen LogP contribution in [-0.2, 0) is 0 Å². The van der Waals surface area contributed by atoms with E-state index in [1.807, 2.05) is 0 Å². The van der Waals surface area contributed by atoms with Crippen molar-refractivity contribution in [1.29, 1.82) is 0 Å². The Balaban J connectivity index is 2.40. The molecule has 0 bridgehead atoms. The summed E-state index contributed by atoms with van der Waals surface area (Å²) in [7, 11) is 0. The summed E-state index contributed by atoms with van der Waals surface area (Å²) in [5.41, 5.74) is 3.83. The highest BCUT2D eigenvalue weighted by Gasteiger charge is 2.32. The lowest BCUT2D eigenvalue weighted by molar-refractivity contribution is 0.400. The Kier molecular flexibility index (Phi) is 1.99. The highest BCUT2D eigenvalue weighted by atomic mass is 14.4. The topological polar surface area (TPSA) is 0 Å². The molecule has 0 heterocycles. The van der Waals surface area contributed by atoms with Gasteiger partial charge in [-0.2, -0.15) is 0 Å². The zero-order valence-corrected chi connectivity index (χ0v) is 9.72. The second-order valence-electron chi connectivity index (χ2n) is 6.06. The first kappa shape index (κ1) is 9.76. The smallest absolute Gasteiger partial charge is 0.00134 e. The van der Waals surface area contributed by atoms with E-state index in [4.69, 9.17) is 0 Å². The quantitative estimate of drug-likeness (QED) is 0.533. The largest absolute Gasteiger partial charge is 0.0751 e. The van der Waals surface area contributed by atoms with Crippen LogP contribution in [0.2, 0.25) is 0 Å². The molecular formula is C14H20. The van der Waals surface area contributed by atoms with Crippen LogP contribution < -0.4 is 0 Å². The summed E-state index contributed by atoms with van der Waals surface area (Å²) >= 11 is 0. The van der Waals surface area contributed by atoms with Crippen molar-refractivity contribution < 1.29 is 0 Å². The minimum absolute atomic E-state index is 0.230. The lowest BCUT2D eigenvalue weighted by atomic mass is 9.88. The van der Waals surface area contributed by atoms with Gasteiger partial charge in [0.05, 0.1) is 0 Å². The van der Waals surface area contributed by atoms with Gasteiger partial charge in [0.15, 0.2) is 0 Å². The average molecular weight is 188 g/mol. The van der Waals surface area contributed by atoms with Crippen LogP contribution in [0.3, 0.4) is 0 Å². The second-order valence-corrected chi connectivity index (χ2v) is 6.06. The molecule has 0 heteroatoms. The van der Waals surface area contributed by atoms with Crippen molar-refractivity contribution in [2.24, 2.45) is 10.8 Å². The van der Waals surface area contributed by atoms with E-state index < -0.39 is 0 Å². The predicted octanol–water partition coefficient (Wildman–Crippen LogP) is 4.26. The Morgan fingerprint density at radius 3 is 2.36 bits per heavy atom. The normalized spacial score (nSPS) is 27.7. The maximum absolute atomic E-state index is 2.44. The number of fused-ring (bicyclic) bond motifs is 1. The zero-order valence-electron chi connectivity index (χ0n) is 9.72. The summed E-state index contributed by atoms with van der Waals surface area (Å²) in [6.45, 7) is 9.28. The Bertz CT molecular complexity index is 335. The third-order valence-electron chi connectivity index (χ3n) is 3.12. The second kappa shape index (κ2) is 2.85. The number of hydrogen-bond donors (Lipinski definition) is 0. The molecule has 0 aromatic heterocycles. The van der Waals surface area contributed by atoms with E-state index in [1.54, 1.807) is 11.1 Å². The number of allylic oxidation sites excluding steroid dienone is 6. The van der Waals surface area contributed by atoms with Crippen LogP contribution in [0, 0.1) is 10.8 Å². The predicted molar refractivity (Wildman–Crippen MR) is 62.1 cm³/mol. The molecule has 0 radical (unpaired) electrons. The summed E-state index contributed by atoms with van der Waals surface area (Å²) < 4.78 is 0. The lowest BCUT2D eigenvalue weighted by Gasteiger charge is -2.17. The molecule has 0 N–H and O–H groups in total. The first-order valence-corrected chi connectivity index (χ1v) is 5.49. The molecule has 0 atom stereocenters. The van der Waals surface area contributed by atoms with Crippen LogP contribution in [0.25, 0.3) is 0 Å². The van der Waals surface area contributed by atoms with Gasteiger partial charge in [-0.3, -0.25) is 0 Å². The fraction of sp³-hybridized carbons (Fsp3) is 0.571. The molecule has 0 unspecified atom stereocenters. The molecule has 0 saturated heterocycles. The molecule has 0 aliphatic heterocycles. The van der Waals surface area contributed by atoms with E-state index in [0.717, 1.165) is 0 Å². The van der Waals surface area contributed by atoms with Crippen molar-refractivity contribution >= 4 is 0 Å². The molecule has 0 aromatic carbocycles. The maximum Gasteiger partial charge on any atom is 0.00134 e. The minimum Gasteiger partial charge on any atom is -0.0751 e. The molecule has 1 saturated carbocycles. The van der Waals surface area contributed by atoms with Crippen molar-refractivity contribution in [3.05, 3.63) is 35.5 Å². The Morgan fingerprint density at radius 1 is 1.00 bits per heavy atom. The monoisotopic (exact) mass is 188 g/mol. The van der Waals surface area contributed by atoms with Gasteiger partial charge in [0.2, 0.25) is 0 Å². The SMILES string of the molecule is CC1(C)C=CC=C2CC(C)(C)CC2=C1. The average Bonchev–Trinajstić information content (AvgIpc) is 2.16. The maximum atomic E-state index is 2.44. The van der Waals surface area contributed by atoms with Crippen molar-refractivity contribution in [1.82, 2.24) is 0 Å². The summed E-state index contributed by atoms with van der Waals surface area (Å²) in [4.78, 5) is 0. The molecule has 1 fully saturated rings. The highest BCUT2D eigenvalue weighted by molar-refractivity contribution is 5.43. The van der Waals surface area contributed by atoms with Crippen molar-refractivity contribution in [3.8, 4) is 0 Å². The van der Waals surface area contributed by atoms with Crippen LogP contribution in [0.1, 0.15) is 40.5 Å². The summed E-state index contributed by atoms with van der Waals surface area (Å²) in [5.74, 6) is 0. The summed E-state index contributed by atoms with van der Waals surface area (Å²) in [6, 6.07) is 0. The van der Waals surface area contributed by atoms with Gasteiger partial charge in [-0.05, 0) is 29.4 Å². The van der Waals surface area contributed by atoms with Gasteiger partial charge < -0.3 is 0 Å². The fourth-order valence-electron chi connectivity index (χ4n) is 2.54. The summed E-state index contributed by atoms with van der Waals surface area (Å²) in [6.07, 6.45) is 11.7. The molecule has 0 aromatic rings. The van der Waals surface area contributed by atoms with E-state index in [-0.39, 0.29) is 5.41 Å². The van der Waals surface area contributed by atoms with Crippen LogP contribution in [0.4, 0.5) is 0 Å². The van der Waals surface area contributed by atoms with Crippen molar-refractivity contribution in [3.63, 3.8) is 0 Å². The van der Waals surface area contributed by atoms with Crippen LogP contribution in [0.5, 0.6) is 0 Å². The van der Waals surface area contributed by atoms with Gasteiger partial charge in [-0.15, -0.1) is 0 Å². The standard InChI is InChI=1S/C14H20/c1-13(2)7-5-6-11-8-14(3,4)10-12(11)9-13/h5-7,9H,8,10H2,1-4H3. The van der Waals surface area contributed by atoms with Gasteiger partial charge in [-0.1, -0.05) is 52.0 Å². The third kappa shape index (κ3) is 1.84. The van der Waals surface area contributed by atoms with E-state index >= 15 is 0 Å². The van der Waals surface area contributed by atoms with Gasteiger partial charge in [0.1, 0.15) is 0 Å². The Hall–Kier alpha value is -0.780. The fourth-order valence-corrected chi connectivity index (χ4v) is 2.54. The number of rotatable bonds is 0. The van der Waals surface area contributed by atoms with Crippen molar-refractivity contribution in [2.75, 3.05) is 0 Å². The van der Waals surface area contributed by atoms with Crippen molar-refractivity contribution in [2.45, 2.75) is 40.5 Å². The molecule has 2 rings (SSSR count). The third-order valence-corrected chi connectivity index (χ3v) is 3.12. The van der Waals surface area contributed by atoms with E-state index in [2.05, 4.69) is 52.0 Å². The van der Waals surface area contributed by atoms with Gasteiger partial charge in [0, 0.05) is 5.41 Å². The molecule has 2 aliphatic rings. The molecule has 0 amide bonds. The van der Waals surface area contributed by atoms with E-state index in [1.165, 1.54) is 12.8 Å². The van der Waals surface area contributed by atoms with Gasteiger partial charge >= 0.3 is 0 Å². The Morgan fingerprint density at radius 2 is 1.64 bits per heavy atom.